The molecule has 4 nitrogen and oxygen atoms in total. The molecule has 0 saturated carbocycles. The third-order valence-corrected chi connectivity index (χ3v) is 3.67. The Morgan fingerprint density at radius 1 is 1.45 bits per heavy atom. The van der Waals surface area contributed by atoms with Crippen molar-refractivity contribution < 1.29 is 17.8 Å². The molecule has 0 aromatic rings. The average molecular weight is 180 g/mol. The van der Waals surface area contributed by atoms with Crippen LogP contribution in [0.1, 0.15) is 20.8 Å². The number of hydrogen-bond acceptors (Lipinski definition) is 3. The summed E-state index contributed by atoms with van der Waals surface area (Å²) in [6.45, 7) is 4.06. The van der Waals surface area contributed by atoms with Crippen molar-refractivity contribution >= 4 is 16.4 Å². The number of carbonyl (C=O) groups excluding carboxylic acids is 1. The van der Waals surface area contributed by atoms with Gasteiger partial charge in [-0.15, -0.1) is 0 Å². The van der Waals surface area contributed by atoms with Crippen LogP contribution in [0.4, 0.5) is 0 Å². The van der Waals surface area contributed by atoms with Gasteiger partial charge >= 0.3 is 0 Å². The van der Waals surface area contributed by atoms with E-state index in [2.05, 4.69) is 0 Å². The Bertz CT molecular complexity index is 239. The first kappa shape index (κ1) is 10.6. The second-order valence-electron chi connectivity index (χ2n) is 3.00. The van der Waals surface area contributed by atoms with Crippen molar-refractivity contribution in [3.8, 4) is 0 Å². The van der Waals surface area contributed by atoms with Crippen molar-refractivity contribution in [2.24, 2.45) is 5.92 Å². The van der Waals surface area contributed by atoms with E-state index in [-0.39, 0.29) is 0 Å². The zero-order valence-electron chi connectivity index (χ0n) is 6.73. The first-order valence-corrected chi connectivity index (χ1v) is 4.60. The molecule has 0 fully saturated rings. The van der Waals surface area contributed by atoms with Crippen LogP contribution in [-0.2, 0) is 14.9 Å². The number of hydrogen-bond donors (Lipinski definition) is 1. The molecule has 0 radical (unpaired) electrons. The molecular formula is C6H12O4S. The minimum Gasteiger partial charge on any atom is -0.303 e. The Hall–Kier alpha value is -0.420. The SMILES string of the molecule is CC(C=O)C(C)(C)S(=O)(=O)O. The smallest absolute Gasteiger partial charge is 0.270 e. The Morgan fingerprint density at radius 2 is 1.82 bits per heavy atom. The lowest BCUT2D eigenvalue weighted by Gasteiger charge is -2.23. The Morgan fingerprint density at radius 3 is 1.91 bits per heavy atom. The molecule has 0 heterocycles. The van der Waals surface area contributed by atoms with Crippen molar-refractivity contribution in [3.63, 3.8) is 0 Å². The first-order chi connectivity index (χ1) is 4.73. The molecule has 1 atom stereocenters. The molecule has 5 heteroatoms. The molecule has 0 amide bonds. The molecule has 11 heavy (non-hydrogen) atoms. The van der Waals surface area contributed by atoms with Gasteiger partial charge in [0.1, 0.15) is 11.0 Å². The van der Waals surface area contributed by atoms with Crippen LogP contribution < -0.4 is 0 Å². The fraction of sp³-hybridized carbons (Fsp3) is 0.833. The summed E-state index contributed by atoms with van der Waals surface area (Å²) >= 11 is 0. The molecule has 0 aromatic heterocycles. The zero-order chi connectivity index (χ0) is 9.28. The van der Waals surface area contributed by atoms with E-state index in [4.69, 9.17) is 4.55 Å². The minimum atomic E-state index is -4.14. The Labute approximate surface area is 66.4 Å². The van der Waals surface area contributed by atoms with Crippen LogP contribution in [0.15, 0.2) is 0 Å². The Balaban J connectivity index is 4.89. The highest BCUT2D eigenvalue weighted by Gasteiger charge is 2.38. The summed E-state index contributed by atoms with van der Waals surface area (Å²) in [6.07, 6.45) is 0.508. The second-order valence-corrected chi connectivity index (χ2v) is 5.01. The average Bonchev–Trinajstić information content (AvgIpc) is 1.83. The van der Waals surface area contributed by atoms with Gasteiger partial charge in [-0.05, 0) is 13.8 Å². The van der Waals surface area contributed by atoms with E-state index in [1.807, 2.05) is 0 Å². The number of aldehydes is 1. The third kappa shape index (κ3) is 2.00. The highest BCUT2D eigenvalue weighted by molar-refractivity contribution is 7.87. The molecule has 0 spiro atoms. The molecule has 0 aliphatic rings. The maximum absolute atomic E-state index is 10.6. The predicted octanol–water partition coefficient (Wildman–Crippen LogP) is 0.488. The summed E-state index contributed by atoms with van der Waals surface area (Å²) in [5, 5.41) is 0. The van der Waals surface area contributed by atoms with E-state index >= 15 is 0 Å². The third-order valence-electron chi connectivity index (χ3n) is 1.97. The molecule has 0 aliphatic carbocycles. The summed E-state index contributed by atoms with van der Waals surface area (Å²) in [7, 11) is -4.14. The molecular weight excluding hydrogens is 168 g/mol. The van der Waals surface area contributed by atoms with E-state index in [0.717, 1.165) is 0 Å². The second kappa shape index (κ2) is 2.91. The molecule has 0 aliphatic heterocycles. The highest BCUT2D eigenvalue weighted by Crippen LogP contribution is 2.23. The maximum Gasteiger partial charge on any atom is 0.270 e. The lowest BCUT2D eigenvalue weighted by molar-refractivity contribution is -0.111. The van der Waals surface area contributed by atoms with E-state index < -0.39 is 20.8 Å². The molecule has 1 N–H and O–H groups in total. The summed E-state index contributed by atoms with van der Waals surface area (Å²) in [5.41, 5.74) is 0. The normalized spacial score (nSPS) is 16.0. The molecule has 66 valence electrons. The summed E-state index contributed by atoms with van der Waals surface area (Å²) < 4.78 is 28.6. The van der Waals surface area contributed by atoms with Crippen LogP contribution in [0.25, 0.3) is 0 Å². The largest absolute Gasteiger partial charge is 0.303 e. The van der Waals surface area contributed by atoms with Gasteiger partial charge in [-0.25, -0.2) is 0 Å². The van der Waals surface area contributed by atoms with Gasteiger partial charge in [-0.3, -0.25) is 4.55 Å². The minimum absolute atomic E-state index is 0.508. The highest BCUT2D eigenvalue weighted by atomic mass is 32.2. The van der Waals surface area contributed by atoms with Gasteiger partial charge < -0.3 is 4.79 Å². The fourth-order valence-electron chi connectivity index (χ4n) is 0.399. The first-order valence-electron chi connectivity index (χ1n) is 3.16. The van der Waals surface area contributed by atoms with Gasteiger partial charge in [0.05, 0.1) is 0 Å². The molecule has 0 aromatic carbocycles. The number of rotatable bonds is 3. The standard InChI is InChI=1S/C6H12O4S/c1-5(4-7)6(2,3)11(8,9)10/h4-5H,1-3H3,(H,8,9,10). The van der Waals surface area contributed by atoms with Crippen molar-refractivity contribution in [2.45, 2.75) is 25.5 Å². The zero-order valence-corrected chi connectivity index (χ0v) is 7.55. The van der Waals surface area contributed by atoms with Gasteiger partial charge in [0.15, 0.2) is 0 Å². The molecule has 0 saturated heterocycles. The Kier molecular flexibility index (Phi) is 2.79. The maximum atomic E-state index is 10.6. The van der Waals surface area contributed by atoms with E-state index in [1.165, 1.54) is 20.8 Å². The van der Waals surface area contributed by atoms with Crippen LogP contribution in [-0.4, -0.2) is 24.0 Å². The van der Waals surface area contributed by atoms with Crippen LogP contribution in [0, 0.1) is 5.92 Å². The summed E-state index contributed by atoms with van der Waals surface area (Å²) in [5.74, 6) is -0.711. The van der Waals surface area contributed by atoms with Gasteiger partial charge in [0.25, 0.3) is 10.1 Å². The van der Waals surface area contributed by atoms with Gasteiger partial charge in [-0.1, -0.05) is 6.92 Å². The summed E-state index contributed by atoms with van der Waals surface area (Å²) in [4.78, 5) is 10.2. The van der Waals surface area contributed by atoms with Crippen molar-refractivity contribution in [2.75, 3.05) is 0 Å². The van der Waals surface area contributed by atoms with E-state index in [1.54, 1.807) is 0 Å². The molecule has 0 rings (SSSR count). The predicted molar refractivity (Wildman–Crippen MR) is 40.9 cm³/mol. The van der Waals surface area contributed by atoms with E-state index in [9.17, 15) is 13.2 Å². The van der Waals surface area contributed by atoms with Crippen LogP contribution in [0.3, 0.4) is 0 Å². The van der Waals surface area contributed by atoms with Crippen LogP contribution in [0.5, 0.6) is 0 Å². The number of carbonyl (C=O) groups is 1. The van der Waals surface area contributed by atoms with E-state index in [0.29, 0.717) is 6.29 Å². The van der Waals surface area contributed by atoms with Crippen molar-refractivity contribution in [1.82, 2.24) is 0 Å². The van der Waals surface area contributed by atoms with Crippen molar-refractivity contribution in [1.29, 1.82) is 0 Å². The fourth-order valence-corrected chi connectivity index (χ4v) is 0.924. The lowest BCUT2D eigenvalue weighted by atomic mass is 9.99. The molecule has 0 bridgehead atoms. The van der Waals surface area contributed by atoms with Crippen LogP contribution in [0.2, 0.25) is 0 Å². The summed E-state index contributed by atoms with van der Waals surface area (Å²) in [6, 6.07) is 0. The van der Waals surface area contributed by atoms with Crippen molar-refractivity contribution in [3.05, 3.63) is 0 Å². The van der Waals surface area contributed by atoms with Gasteiger partial charge in [-0.2, -0.15) is 8.42 Å². The monoisotopic (exact) mass is 180 g/mol. The van der Waals surface area contributed by atoms with Crippen LogP contribution >= 0.6 is 0 Å². The topological polar surface area (TPSA) is 71.4 Å². The quantitative estimate of drug-likeness (QED) is 0.506. The lowest BCUT2D eigenvalue weighted by Crippen LogP contribution is -2.38. The molecule has 1 unspecified atom stereocenters. The van der Waals surface area contributed by atoms with Gasteiger partial charge in [0.2, 0.25) is 0 Å². The van der Waals surface area contributed by atoms with Gasteiger partial charge in [0, 0.05) is 5.92 Å².